The molecule has 0 saturated carbocycles. The molecule has 4 N–H and O–H groups in total. The van der Waals surface area contributed by atoms with Crippen LogP contribution in [0.2, 0.25) is 0 Å². The first kappa shape index (κ1) is 14.9. The Labute approximate surface area is 110 Å². The van der Waals surface area contributed by atoms with Gasteiger partial charge in [0.2, 0.25) is 23.6 Å². The summed E-state index contributed by atoms with van der Waals surface area (Å²) in [5.74, 6) is -1.62. The molecule has 4 amide bonds. The van der Waals surface area contributed by atoms with Crippen molar-refractivity contribution in [2.75, 3.05) is 19.6 Å². The second kappa shape index (κ2) is 6.72. The zero-order valence-electron chi connectivity index (χ0n) is 10.8. The Balaban J connectivity index is 2.24. The van der Waals surface area contributed by atoms with Crippen LogP contribution < -0.4 is 16.4 Å². The molecule has 0 aromatic rings. The molecule has 0 aromatic carbocycles. The van der Waals surface area contributed by atoms with Crippen LogP contribution in [0.5, 0.6) is 0 Å². The molecule has 1 fully saturated rings. The highest BCUT2D eigenvalue weighted by atomic mass is 16.2. The lowest BCUT2D eigenvalue weighted by Crippen LogP contribution is -2.47. The first-order valence-corrected chi connectivity index (χ1v) is 6.03. The van der Waals surface area contributed by atoms with Gasteiger partial charge in [0.25, 0.3) is 0 Å². The SMILES string of the molecule is C[C@@H](NC(=O)CNC(=O)CN1CCCC1=O)C(N)=O. The summed E-state index contributed by atoms with van der Waals surface area (Å²) in [5, 5.41) is 4.71. The predicted molar refractivity (Wildman–Crippen MR) is 65.6 cm³/mol. The molecule has 0 aromatic heterocycles. The summed E-state index contributed by atoms with van der Waals surface area (Å²) >= 11 is 0. The van der Waals surface area contributed by atoms with Crippen molar-refractivity contribution < 1.29 is 19.2 Å². The lowest BCUT2D eigenvalue weighted by molar-refractivity contribution is -0.133. The zero-order chi connectivity index (χ0) is 14.4. The Morgan fingerprint density at radius 1 is 1.37 bits per heavy atom. The largest absolute Gasteiger partial charge is 0.368 e. The molecule has 1 rings (SSSR count). The second-order valence-electron chi connectivity index (χ2n) is 4.39. The summed E-state index contributed by atoms with van der Waals surface area (Å²) in [6.45, 7) is 1.72. The second-order valence-corrected chi connectivity index (χ2v) is 4.39. The van der Waals surface area contributed by atoms with E-state index in [9.17, 15) is 19.2 Å². The van der Waals surface area contributed by atoms with Gasteiger partial charge in [0.1, 0.15) is 6.04 Å². The fourth-order valence-corrected chi connectivity index (χ4v) is 1.64. The van der Waals surface area contributed by atoms with E-state index in [2.05, 4.69) is 10.6 Å². The van der Waals surface area contributed by atoms with Crippen LogP contribution in [0.25, 0.3) is 0 Å². The fourth-order valence-electron chi connectivity index (χ4n) is 1.64. The Bertz CT molecular complexity index is 396. The molecule has 0 radical (unpaired) electrons. The van der Waals surface area contributed by atoms with E-state index in [0.29, 0.717) is 13.0 Å². The van der Waals surface area contributed by atoms with Crippen LogP contribution in [0.4, 0.5) is 0 Å². The fraction of sp³-hybridized carbons (Fsp3) is 0.636. The van der Waals surface area contributed by atoms with Gasteiger partial charge in [-0.15, -0.1) is 0 Å². The van der Waals surface area contributed by atoms with Gasteiger partial charge in [0.15, 0.2) is 0 Å². The Morgan fingerprint density at radius 3 is 2.58 bits per heavy atom. The van der Waals surface area contributed by atoms with Crippen molar-refractivity contribution in [3.8, 4) is 0 Å². The lowest BCUT2D eigenvalue weighted by atomic mass is 10.3. The smallest absolute Gasteiger partial charge is 0.240 e. The number of nitrogens with two attached hydrogens (primary N) is 1. The minimum absolute atomic E-state index is 0.0442. The van der Waals surface area contributed by atoms with E-state index in [1.165, 1.54) is 11.8 Å². The number of nitrogens with zero attached hydrogens (tertiary/aromatic N) is 1. The first-order valence-electron chi connectivity index (χ1n) is 6.03. The highest BCUT2D eigenvalue weighted by Crippen LogP contribution is 2.08. The summed E-state index contributed by atoms with van der Waals surface area (Å²) in [6, 6.07) is -0.787. The van der Waals surface area contributed by atoms with Gasteiger partial charge < -0.3 is 21.3 Å². The zero-order valence-corrected chi connectivity index (χ0v) is 10.8. The summed E-state index contributed by atoms with van der Waals surface area (Å²) in [4.78, 5) is 46.3. The van der Waals surface area contributed by atoms with Crippen LogP contribution in [0, 0.1) is 0 Å². The molecule has 1 heterocycles. The van der Waals surface area contributed by atoms with Crippen LogP contribution in [0.3, 0.4) is 0 Å². The topological polar surface area (TPSA) is 122 Å². The van der Waals surface area contributed by atoms with E-state index in [1.807, 2.05) is 0 Å². The third-order valence-electron chi connectivity index (χ3n) is 2.76. The van der Waals surface area contributed by atoms with Gasteiger partial charge in [-0.05, 0) is 13.3 Å². The van der Waals surface area contributed by atoms with Gasteiger partial charge in [0, 0.05) is 13.0 Å². The Morgan fingerprint density at radius 2 is 2.05 bits per heavy atom. The third-order valence-corrected chi connectivity index (χ3v) is 2.76. The van der Waals surface area contributed by atoms with E-state index >= 15 is 0 Å². The minimum atomic E-state index is -0.787. The van der Waals surface area contributed by atoms with E-state index in [-0.39, 0.29) is 19.0 Å². The quantitative estimate of drug-likeness (QED) is 0.503. The maximum Gasteiger partial charge on any atom is 0.240 e. The summed E-state index contributed by atoms with van der Waals surface area (Å²) in [6.07, 6.45) is 1.21. The first-order chi connectivity index (χ1) is 8.90. The van der Waals surface area contributed by atoms with Gasteiger partial charge >= 0.3 is 0 Å². The lowest BCUT2D eigenvalue weighted by Gasteiger charge is -2.15. The Hall–Kier alpha value is -2.12. The van der Waals surface area contributed by atoms with E-state index in [1.54, 1.807) is 0 Å². The summed E-state index contributed by atoms with van der Waals surface area (Å²) in [7, 11) is 0. The van der Waals surface area contributed by atoms with E-state index in [4.69, 9.17) is 5.73 Å². The average molecular weight is 270 g/mol. The van der Waals surface area contributed by atoms with Crippen LogP contribution in [-0.2, 0) is 19.2 Å². The van der Waals surface area contributed by atoms with Gasteiger partial charge in [-0.1, -0.05) is 0 Å². The number of primary amides is 1. The normalized spacial score (nSPS) is 16.1. The Kier molecular flexibility index (Phi) is 5.28. The summed E-state index contributed by atoms with van der Waals surface area (Å²) < 4.78 is 0. The molecule has 0 unspecified atom stereocenters. The standard InChI is InChI=1S/C11H18N4O4/c1-7(11(12)19)14-8(16)5-13-9(17)6-15-4-2-3-10(15)18/h7H,2-6H2,1H3,(H2,12,19)(H,13,17)(H,14,16)/t7-/m1/s1. The average Bonchev–Trinajstić information content (AvgIpc) is 2.72. The van der Waals surface area contributed by atoms with Crippen molar-refractivity contribution in [3.05, 3.63) is 0 Å². The van der Waals surface area contributed by atoms with Crippen molar-refractivity contribution in [1.82, 2.24) is 15.5 Å². The number of hydrogen-bond donors (Lipinski definition) is 3. The van der Waals surface area contributed by atoms with Crippen molar-refractivity contribution in [3.63, 3.8) is 0 Å². The van der Waals surface area contributed by atoms with Crippen molar-refractivity contribution in [2.45, 2.75) is 25.8 Å². The molecule has 1 saturated heterocycles. The monoisotopic (exact) mass is 270 g/mol. The van der Waals surface area contributed by atoms with Crippen LogP contribution in [0.15, 0.2) is 0 Å². The van der Waals surface area contributed by atoms with Crippen LogP contribution >= 0.6 is 0 Å². The molecule has 1 aliphatic heterocycles. The molecule has 8 nitrogen and oxygen atoms in total. The highest BCUT2D eigenvalue weighted by molar-refractivity contribution is 5.90. The molecule has 0 bridgehead atoms. The number of amides is 4. The molecular weight excluding hydrogens is 252 g/mol. The van der Waals surface area contributed by atoms with Gasteiger partial charge in [-0.2, -0.15) is 0 Å². The van der Waals surface area contributed by atoms with Crippen LogP contribution in [-0.4, -0.2) is 54.2 Å². The molecule has 1 atom stereocenters. The molecule has 19 heavy (non-hydrogen) atoms. The molecular formula is C11H18N4O4. The predicted octanol–water partition coefficient (Wildman–Crippen LogP) is -2.28. The van der Waals surface area contributed by atoms with Gasteiger partial charge in [-0.3, -0.25) is 19.2 Å². The van der Waals surface area contributed by atoms with E-state index in [0.717, 1.165) is 6.42 Å². The molecule has 0 aliphatic carbocycles. The third kappa shape index (κ3) is 4.94. The van der Waals surface area contributed by atoms with Crippen molar-refractivity contribution >= 4 is 23.6 Å². The number of nitrogens with one attached hydrogen (secondary N) is 2. The van der Waals surface area contributed by atoms with Gasteiger partial charge in [-0.25, -0.2) is 0 Å². The van der Waals surface area contributed by atoms with Crippen LogP contribution in [0.1, 0.15) is 19.8 Å². The number of hydrogen-bond acceptors (Lipinski definition) is 4. The number of rotatable bonds is 6. The molecule has 0 spiro atoms. The summed E-state index contributed by atoms with van der Waals surface area (Å²) in [5.41, 5.74) is 4.98. The van der Waals surface area contributed by atoms with Gasteiger partial charge in [0.05, 0.1) is 13.1 Å². The van der Waals surface area contributed by atoms with Crippen molar-refractivity contribution in [1.29, 1.82) is 0 Å². The number of carbonyl (C=O) groups excluding carboxylic acids is 4. The molecule has 106 valence electrons. The highest BCUT2D eigenvalue weighted by Gasteiger charge is 2.22. The maximum absolute atomic E-state index is 11.5. The molecule has 1 aliphatic rings. The number of carbonyl (C=O) groups is 4. The van der Waals surface area contributed by atoms with E-state index < -0.39 is 23.8 Å². The number of likely N-dealkylation sites (tertiary alicyclic amines) is 1. The molecule has 8 heteroatoms. The van der Waals surface area contributed by atoms with Crippen molar-refractivity contribution in [2.24, 2.45) is 5.73 Å². The maximum atomic E-state index is 11.5. The minimum Gasteiger partial charge on any atom is -0.368 e.